The van der Waals surface area contributed by atoms with Crippen molar-refractivity contribution in [2.75, 3.05) is 33.4 Å². The van der Waals surface area contributed by atoms with Crippen LogP contribution in [-0.4, -0.2) is 55.2 Å². The molecule has 0 amide bonds. The van der Waals surface area contributed by atoms with Gasteiger partial charge in [-0.2, -0.15) is 0 Å². The third kappa shape index (κ3) is 5.12. The molecule has 2 rings (SSSR count). The molecule has 1 saturated heterocycles. The van der Waals surface area contributed by atoms with Crippen LogP contribution in [0, 0.1) is 0 Å². The molecule has 5 heteroatoms. The van der Waals surface area contributed by atoms with Crippen LogP contribution in [0.3, 0.4) is 0 Å². The molecular weight excluding hydrogens is 270 g/mol. The summed E-state index contributed by atoms with van der Waals surface area (Å²) >= 11 is 0. The van der Waals surface area contributed by atoms with Gasteiger partial charge in [0.15, 0.2) is 0 Å². The van der Waals surface area contributed by atoms with E-state index in [1.807, 2.05) is 24.3 Å². The fourth-order valence-electron chi connectivity index (χ4n) is 2.46. The monoisotopic (exact) mass is 293 g/mol. The number of aliphatic hydroxyl groups excluding tert-OH is 1. The van der Waals surface area contributed by atoms with Crippen LogP contribution in [0.2, 0.25) is 0 Å². The van der Waals surface area contributed by atoms with Crippen molar-refractivity contribution in [3.05, 3.63) is 29.8 Å². The second-order valence-corrected chi connectivity index (χ2v) is 5.32. The van der Waals surface area contributed by atoms with E-state index < -0.39 is 6.10 Å². The van der Waals surface area contributed by atoms with E-state index in [2.05, 4.69) is 4.90 Å². The summed E-state index contributed by atoms with van der Waals surface area (Å²) in [4.78, 5) is 13.3. The lowest BCUT2D eigenvalue weighted by Crippen LogP contribution is -2.40. The number of carbonyl (C=O) groups excluding carboxylic acids is 1. The number of piperidine rings is 1. The fraction of sp³-hybridized carbons (Fsp3) is 0.562. The van der Waals surface area contributed by atoms with Crippen molar-refractivity contribution in [1.29, 1.82) is 0 Å². The Morgan fingerprint density at radius 2 is 2.00 bits per heavy atom. The molecule has 1 fully saturated rings. The molecular formula is C16H23NO4. The molecule has 1 aromatic rings. The van der Waals surface area contributed by atoms with Crippen molar-refractivity contribution < 1.29 is 19.4 Å². The van der Waals surface area contributed by atoms with Gasteiger partial charge in [0, 0.05) is 38.0 Å². The molecule has 0 bridgehead atoms. The summed E-state index contributed by atoms with van der Waals surface area (Å²) in [6.07, 6.45) is 0.650. The molecule has 116 valence electrons. The van der Waals surface area contributed by atoms with Crippen LogP contribution >= 0.6 is 0 Å². The third-order valence-corrected chi connectivity index (χ3v) is 3.64. The van der Waals surface area contributed by atoms with Crippen molar-refractivity contribution >= 4 is 5.78 Å². The molecule has 21 heavy (non-hydrogen) atoms. The second kappa shape index (κ2) is 8.12. The Morgan fingerprint density at radius 3 is 2.71 bits per heavy atom. The van der Waals surface area contributed by atoms with Crippen molar-refractivity contribution in [3.63, 3.8) is 0 Å². The number of likely N-dealkylation sites (tertiary alicyclic amines) is 1. The highest BCUT2D eigenvalue weighted by atomic mass is 16.5. The topological polar surface area (TPSA) is 59.0 Å². The maximum atomic E-state index is 11.2. The molecule has 1 N–H and O–H groups in total. The van der Waals surface area contributed by atoms with Crippen molar-refractivity contribution in [3.8, 4) is 5.75 Å². The number of nitrogens with zero attached hydrogens (tertiary/aromatic N) is 1. The first-order valence-electron chi connectivity index (χ1n) is 7.31. The summed E-state index contributed by atoms with van der Waals surface area (Å²) < 4.78 is 10.8. The summed E-state index contributed by atoms with van der Waals surface area (Å²) in [6, 6.07) is 7.68. The Hall–Kier alpha value is -1.43. The molecule has 1 atom stereocenters. The highest BCUT2D eigenvalue weighted by Crippen LogP contribution is 2.18. The second-order valence-electron chi connectivity index (χ2n) is 5.32. The molecule has 0 saturated carbocycles. The minimum Gasteiger partial charge on any atom is -0.496 e. The van der Waals surface area contributed by atoms with Crippen LogP contribution in [0.15, 0.2) is 24.3 Å². The van der Waals surface area contributed by atoms with E-state index in [0.717, 1.165) is 24.4 Å². The number of para-hydroxylation sites is 1. The number of benzene rings is 1. The predicted molar refractivity (Wildman–Crippen MR) is 79.3 cm³/mol. The van der Waals surface area contributed by atoms with E-state index in [1.165, 1.54) is 0 Å². The van der Waals surface area contributed by atoms with E-state index in [-0.39, 0.29) is 6.61 Å². The van der Waals surface area contributed by atoms with Crippen LogP contribution < -0.4 is 4.74 Å². The van der Waals surface area contributed by atoms with Crippen LogP contribution in [0.5, 0.6) is 5.75 Å². The highest BCUT2D eigenvalue weighted by Gasteiger charge is 2.18. The van der Waals surface area contributed by atoms with Crippen LogP contribution in [0.1, 0.15) is 18.4 Å². The number of methoxy groups -OCH3 is 1. The number of carbonyl (C=O) groups is 1. The Morgan fingerprint density at radius 1 is 1.29 bits per heavy atom. The Balaban J connectivity index is 1.69. The summed E-state index contributed by atoms with van der Waals surface area (Å²) in [5.41, 5.74) is 0.968. The first-order chi connectivity index (χ1) is 10.2. The number of hydrogen-bond donors (Lipinski definition) is 1. The highest BCUT2D eigenvalue weighted by molar-refractivity contribution is 5.79. The van der Waals surface area contributed by atoms with E-state index in [1.54, 1.807) is 7.11 Å². The third-order valence-electron chi connectivity index (χ3n) is 3.64. The summed E-state index contributed by atoms with van der Waals surface area (Å²) in [6.45, 7) is 2.73. The van der Waals surface area contributed by atoms with Gasteiger partial charge < -0.3 is 14.6 Å². The van der Waals surface area contributed by atoms with Gasteiger partial charge >= 0.3 is 0 Å². The van der Waals surface area contributed by atoms with Gasteiger partial charge in [-0.15, -0.1) is 0 Å². The lowest BCUT2D eigenvalue weighted by Gasteiger charge is -2.27. The zero-order valence-electron chi connectivity index (χ0n) is 12.5. The number of ether oxygens (including phenoxy) is 2. The SMILES string of the molecule is COc1ccccc1COC[C@@H](O)CN1CCC(=O)CC1. The molecule has 1 aromatic carbocycles. The van der Waals surface area contributed by atoms with Gasteiger partial charge in [-0.3, -0.25) is 9.69 Å². The molecule has 0 spiro atoms. The molecule has 1 heterocycles. The van der Waals surface area contributed by atoms with Gasteiger partial charge in [-0.25, -0.2) is 0 Å². The Bertz CT molecular complexity index is 453. The van der Waals surface area contributed by atoms with Crippen LogP contribution in [0.25, 0.3) is 0 Å². The molecule has 0 aromatic heterocycles. The average molecular weight is 293 g/mol. The normalized spacial score (nSPS) is 17.7. The average Bonchev–Trinajstić information content (AvgIpc) is 2.50. The lowest BCUT2D eigenvalue weighted by molar-refractivity contribution is -0.121. The van der Waals surface area contributed by atoms with Gasteiger partial charge in [0.05, 0.1) is 26.4 Å². The zero-order chi connectivity index (χ0) is 15.1. The number of Topliss-reactive ketones (excluding diaryl/α,β-unsaturated/α-hetero) is 1. The van der Waals surface area contributed by atoms with E-state index >= 15 is 0 Å². The van der Waals surface area contributed by atoms with Gasteiger partial charge in [-0.05, 0) is 6.07 Å². The van der Waals surface area contributed by atoms with Crippen molar-refractivity contribution in [2.24, 2.45) is 0 Å². The zero-order valence-corrected chi connectivity index (χ0v) is 12.5. The van der Waals surface area contributed by atoms with Crippen LogP contribution in [-0.2, 0) is 16.1 Å². The van der Waals surface area contributed by atoms with E-state index in [9.17, 15) is 9.90 Å². The van der Waals surface area contributed by atoms with Crippen molar-refractivity contribution in [2.45, 2.75) is 25.6 Å². The number of aliphatic hydroxyl groups is 1. The van der Waals surface area contributed by atoms with E-state index in [4.69, 9.17) is 9.47 Å². The molecule has 1 aliphatic rings. The number of hydrogen-bond acceptors (Lipinski definition) is 5. The first-order valence-corrected chi connectivity index (χ1v) is 7.31. The summed E-state index contributed by atoms with van der Waals surface area (Å²) in [5, 5.41) is 9.99. The Kier molecular flexibility index (Phi) is 6.17. The number of rotatable bonds is 7. The Labute approximate surface area is 125 Å². The maximum Gasteiger partial charge on any atom is 0.135 e. The molecule has 0 aliphatic carbocycles. The quantitative estimate of drug-likeness (QED) is 0.819. The maximum absolute atomic E-state index is 11.2. The minimum absolute atomic E-state index is 0.280. The summed E-state index contributed by atoms with van der Waals surface area (Å²) in [5.74, 6) is 1.11. The molecule has 5 nitrogen and oxygen atoms in total. The standard InChI is InChI=1S/C16H23NO4/c1-20-16-5-3-2-4-13(16)11-21-12-15(19)10-17-8-6-14(18)7-9-17/h2-5,15,19H,6-12H2,1H3/t15-/m0/s1. The van der Waals surface area contributed by atoms with Gasteiger partial charge in [0.25, 0.3) is 0 Å². The lowest BCUT2D eigenvalue weighted by atomic mass is 10.1. The largest absolute Gasteiger partial charge is 0.496 e. The molecule has 0 unspecified atom stereocenters. The smallest absolute Gasteiger partial charge is 0.135 e. The summed E-state index contributed by atoms with van der Waals surface area (Å²) in [7, 11) is 1.63. The molecule has 0 radical (unpaired) electrons. The van der Waals surface area contributed by atoms with Gasteiger partial charge in [0.1, 0.15) is 11.5 Å². The predicted octanol–water partition coefficient (Wildman–Crippen LogP) is 1.24. The van der Waals surface area contributed by atoms with Crippen molar-refractivity contribution in [1.82, 2.24) is 4.90 Å². The first kappa shape index (κ1) is 15.9. The van der Waals surface area contributed by atoms with E-state index in [0.29, 0.717) is 31.8 Å². The van der Waals surface area contributed by atoms with Crippen LogP contribution in [0.4, 0.5) is 0 Å². The van der Waals surface area contributed by atoms with Gasteiger partial charge in [-0.1, -0.05) is 18.2 Å². The number of ketones is 1. The number of β-amino-alcohol motifs (C(OH)–C–C–N with tert-alkyl or cyclic N) is 1. The van der Waals surface area contributed by atoms with Gasteiger partial charge in [0.2, 0.25) is 0 Å². The molecule has 1 aliphatic heterocycles. The fourth-order valence-corrected chi connectivity index (χ4v) is 2.46. The minimum atomic E-state index is -0.534.